The quantitative estimate of drug-likeness (QED) is 0.723. The molecule has 0 aromatic heterocycles. The summed E-state index contributed by atoms with van der Waals surface area (Å²) in [6.45, 7) is 5.12. The fraction of sp³-hybridized carbons (Fsp3) is 1.00. The van der Waals surface area contributed by atoms with Crippen LogP contribution in [0.2, 0.25) is 0 Å². The lowest BCUT2D eigenvalue weighted by atomic mass is 9.93. The smallest absolute Gasteiger partial charge is 0.148 e. The second-order valence-corrected chi connectivity index (χ2v) is 6.96. The molecule has 0 saturated carbocycles. The van der Waals surface area contributed by atoms with Gasteiger partial charge in [0.15, 0.2) is 0 Å². The van der Waals surface area contributed by atoms with Gasteiger partial charge in [0.2, 0.25) is 0 Å². The normalized spacial score (nSPS) is 20.7. The van der Waals surface area contributed by atoms with Gasteiger partial charge in [-0.05, 0) is 31.8 Å². The first kappa shape index (κ1) is 13.0. The van der Waals surface area contributed by atoms with Crippen LogP contribution in [0.3, 0.4) is 0 Å². The highest BCUT2D eigenvalue weighted by atomic mass is 32.2. The lowest BCUT2D eigenvalue weighted by Crippen LogP contribution is -2.36. The molecule has 0 spiro atoms. The summed E-state index contributed by atoms with van der Waals surface area (Å²) in [5, 5.41) is 0. The molecule has 0 amide bonds. The molecule has 0 aromatic rings. The molecule has 1 saturated heterocycles. The van der Waals surface area contributed by atoms with Gasteiger partial charge in [-0.3, -0.25) is 0 Å². The first-order chi connectivity index (χ1) is 7.01. The molecule has 0 N–H and O–H groups in total. The van der Waals surface area contributed by atoms with Crippen molar-refractivity contribution in [3.05, 3.63) is 0 Å². The van der Waals surface area contributed by atoms with Crippen LogP contribution in [0.5, 0.6) is 0 Å². The number of likely N-dealkylation sites (tertiary alicyclic amines) is 1. The zero-order chi connectivity index (χ0) is 11.3. The summed E-state index contributed by atoms with van der Waals surface area (Å²) < 4.78 is 22.0. The number of hydrogen-bond donors (Lipinski definition) is 0. The third-order valence-corrected chi connectivity index (χ3v) is 4.11. The van der Waals surface area contributed by atoms with Crippen LogP contribution in [0.4, 0.5) is 0 Å². The van der Waals surface area contributed by atoms with Gasteiger partial charge >= 0.3 is 0 Å². The van der Waals surface area contributed by atoms with E-state index in [1.165, 1.54) is 31.9 Å². The van der Waals surface area contributed by atoms with E-state index in [0.29, 0.717) is 5.75 Å². The van der Waals surface area contributed by atoms with Gasteiger partial charge in [-0.2, -0.15) is 0 Å². The minimum absolute atomic E-state index is 0.311. The Morgan fingerprint density at radius 3 is 2.33 bits per heavy atom. The number of hydrogen-bond acceptors (Lipinski definition) is 3. The van der Waals surface area contributed by atoms with Crippen molar-refractivity contribution in [3.63, 3.8) is 0 Å². The van der Waals surface area contributed by atoms with Gasteiger partial charge in [-0.25, -0.2) is 8.42 Å². The Morgan fingerprint density at radius 1 is 1.27 bits per heavy atom. The highest BCUT2D eigenvalue weighted by molar-refractivity contribution is 7.90. The Hall–Kier alpha value is -0.0900. The summed E-state index contributed by atoms with van der Waals surface area (Å²) in [6.07, 6.45) is 6.42. The van der Waals surface area contributed by atoms with Crippen LogP contribution in [-0.2, 0) is 9.84 Å². The van der Waals surface area contributed by atoms with Crippen molar-refractivity contribution in [2.24, 2.45) is 5.92 Å². The molecule has 3 nitrogen and oxygen atoms in total. The standard InChI is InChI=1S/C11H23NO2S/c1-3-4-11-5-7-12(8-6-11)9-10-15(2,13)14/h11H,3-10H2,1-2H3. The van der Waals surface area contributed by atoms with Crippen LogP contribution >= 0.6 is 0 Å². The minimum Gasteiger partial charge on any atom is -0.302 e. The molecule has 0 atom stereocenters. The van der Waals surface area contributed by atoms with E-state index in [9.17, 15) is 8.42 Å². The Balaban J connectivity index is 2.20. The highest BCUT2D eigenvalue weighted by Gasteiger charge is 2.18. The molecular formula is C11H23NO2S. The summed E-state index contributed by atoms with van der Waals surface area (Å²) in [5.41, 5.74) is 0. The molecule has 1 fully saturated rings. The number of nitrogens with zero attached hydrogens (tertiary/aromatic N) is 1. The molecule has 1 aliphatic rings. The molecule has 1 heterocycles. The minimum atomic E-state index is -2.79. The van der Waals surface area contributed by atoms with Gasteiger partial charge in [-0.1, -0.05) is 19.8 Å². The van der Waals surface area contributed by atoms with E-state index in [1.807, 2.05) is 0 Å². The van der Waals surface area contributed by atoms with Gasteiger partial charge < -0.3 is 4.90 Å². The van der Waals surface area contributed by atoms with E-state index in [2.05, 4.69) is 11.8 Å². The molecule has 90 valence electrons. The summed E-state index contributed by atoms with van der Waals surface area (Å²) in [7, 11) is -2.79. The maximum absolute atomic E-state index is 11.0. The summed E-state index contributed by atoms with van der Waals surface area (Å²) in [5.74, 6) is 1.19. The summed E-state index contributed by atoms with van der Waals surface area (Å²) in [4.78, 5) is 2.28. The topological polar surface area (TPSA) is 37.4 Å². The maximum Gasteiger partial charge on any atom is 0.148 e. The predicted molar refractivity (Wildman–Crippen MR) is 63.8 cm³/mol. The largest absolute Gasteiger partial charge is 0.302 e. The Labute approximate surface area is 93.8 Å². The van der Waals surface area contributed by atoms with Crippen LogP contribution in [0.1, 0.15) is 32.6 Å². The van der Waals surface area contributed by atoms with E-state index in [0.717, 1.165) is 25.6 Å². The number of sulfone groups is 1. The Kier molecular flexibility index (Phi) is 5.06. The van der Waals surface area contributed by atoms with Crippen LogP contribution in [0, 0.1) is 5.92 Å². The van der Waals surface area contributed by atoms with Crippen LogP contribution in [-0.4, -0.2) is 45.0 Å². The van der Waals surface area contributed by atoms with Gasteiger partial charge in [-0.15, -0.1) is 0 Å². The molecule has 4 heteroatoms. The van der Waals surface area contributed by atoms with E-state index in [-0.39, 0.29) is 0 Å². The lowest BCUT2D eigenvalue weighted by molar-refractivity contribution is 0.187. The second kappa shape index (κ2) is 5.85. The first-order valence-corrected chi connectivity index (χ1v) is 7.97. The molecule has 15 heavy (non-hydrogen) atoms. The van der Waals surface area contributed by atoms with Crippen LogP contribution < -0.4 is 0 Å². The molecular weight excluding hydrogens is 210 g/mol. The van der Waals surface area contributed by atoms with Gasteiger partial charge in [0.05, 0.1) is 5.75 Å². The van der Waals surface area contributed by atoms with Crippen molar-refractivity contribution in [1.82, 2.24) is 4.90 Å². The third-order valence-electron chi connectivity index (χ3n) is 3.18. The molecule has 0 unspecified atom stereocenters. The third kappa shape index (κ3) is 5.52. The average Bonchev–Trinajstić information content (AvgIpc) is 2.16. The molecule has 1 aliphatic heterocycles. The van der Waals surface area contributed by atoms with Gasteiger partial charge in [0.25, 0.3) is 0 Å². The first-order valence-electron chi connectivity index (χ1n) is 5.91. The van der Waals surface area contributed by atoms with Crippen molar-refractivity contribution in [3.8, 4) is 0 Å². The van der Waals surface area contributed by atoms with Crippen LogP contribution in [0.15, 0.2) is 0 Å². The SMILES string of the molecule is CCCC1CCN(CCS(C)(=O)=O)CC1. The molecule has 0 bridgehead atoms. The van der Waals surface area contributed by atoms with Crippen molar-refractivity contribution in [2.75, 3.05) is 31.6 Å². The van der Waals surface area contributed by atoms with E-state index < -0.39 is 9.84 Å². The van der Waals surface area contributed by atoms with Gasteiger partial charge in [0, 0.05) is 12.8 Å². The second-order valence-electron chi connectivity index (χ2n) is 4.70. The van der Waals surface area contributed by atoms with E-state index in [4.69, 9.17) is 0 Å². The molecule has 0 aliphatic carbocycles. The molecule has 1 rings (SSSR count). The van der Waals surface area contributed by atoms with Crippen molar-refractivity contribution in [2.45, 2.75) is 32.6 Å². The molecule has 0 radical (unpaired) electrons. The predicted octanol–water partition coefficient (Wildman–Crippen LogP) is 1.54. The maximum atomic E-state index is 11.0. The monoisotopic (exact) mass is 233 g/mol. The van der Waals surface area contributed by atoms with Crippen LogP contribution in [0.25, 0.3) is 0 Å². The number of rotatable bonds is 5. The Morgan fingerprint density at radius 2 is 1.87 bits per heavy atom. The lowest BCUT2D eigenvalue weighted by Gasteiger charge is -2.31. The summed E-state index contributed by atoms with van der Waals surface area (Å²) >= 11 is 0. The van der Waals surface area contributed by atoms with E-state index in [1.54, 1.807) is 0 Å². The fourth-order valence-electron chi connectivity index (χ4n) is 2.20. The van der Waals surface area contributed by atoms with Crippen molar-refractivity contribution < 1.29 is 8.42 Å². The van der Waals surface area contributed by atoms with E-state index >= 15 is 0 Å². The average molecular weight is 233 g/mol. The van der Waals surface area contributed by atoms with Gasteiger partial charge in [0.1, 0.15) is 9.84 Å². The number of piperidine rings is 1. The molecule has 0 aromatic carbocycles. The zero-order valence-corrected chi connectivity index (χ0v) is 10.7. The fourth-order valence-corrected chi connectivity index (χ4v) is 2.79. The highest BCUT2D eigenvalue weighted by Crippen LogP contribution is 2.21. The zero-order valence-electron chi connectivity index (χ0n) is 9.91. The summed E-state index contributed by atoms with van der Waals surface area (Å²) in [6, 6.07) is 0. The Bertz CT molecular complexity index is 266. The van der Waals surface area contributed by atoms with Crippen molar-refractivity contribution in [1.29, 1.82) is 0 Å². The van der Waals surface area contributed by atoms with Crippen molar-refractivity contribution >= 4 is 9.84 Å².